The van der Waals surface area contributed by atoms with Crippen molar-refractivity contribution in [3.63, 3.8) is 0 Å². The predicted molar refractivity (Wildman–Crippen MR) is 76.3 cm³/mol. The lowest BCUT2D eigenvalue weighted by atomic mass is 10.0. The summed E-state index contributed by atoms with van der Waals surface area (Å²) in [6.07, 6.45) is 1.62. The number of benzene rings is 1. The summed E-state index contributed by atoms with van der Waals surface area (Å²) < 4.78 is 1.64. The number of carboxylic acids is 1. The van der Waals surface area contributed by atoms with E-state index in [1.54, 1.807) is 10.8 Å². The van der Waals surface area contributed by atoms with Crippen molar-refractivity contribution in [2.75, 3.05) is 0 Å². The molecule has 0 fully saturated rings. The number of carboxylic acid groups (broad SMARTS) is 1. The van der Waals surface area contributed by atoms with Crippen LogP contribution in [0.5, 0.6) is 0 Å². The van der Waals surface area contributed by atoms with E-state index < -0.39 is 5.97 Å². The zero-order valence-corrected chi connectivity index (χ0v) is 11.5. The molecule has 1 heterocycles. The summed E-state index contributed by atoms with van der Waals surface area (Å²) in [4.78, 5) is 22.6. The molecule has 0 aliphatic rings. The summed E-state index contributed by atoms with van der Waals surface area (Å²) in [5.41, 5.74) is 1.72. The summed E-state index contributed by atoms with van der Waals surface area (Å²) in [5.74, 6) is -0.974. The number of ketones is 1. The van der Waals surface area contributed by atoms with Gasteiger partial charge in [-0.05, 0) is 24.5 Å². The molecule has 0 saturated carbocycles. The Morgan fingerprint density at radius 2 is 1.90 bits per heavy atom. The smallest absolute Gasteiger partial charge is 0.352 e. The minimum atomic E-state index is -1.02. The number of nitrogens with zero attached hydrogens (tertiary/aromatic N) is 1. The van der Waals surface area contributed by atoms with Gasteiger partial charge in [0.25, 0.3) is 0 Å². The first-order chi connectivity index (χ1) is 9.49. The number of hydrogen-bond donors (Lipinski definition) is 1. The molecule has 2 aromatic rings. The number of carbonyl (C=O) groups is 2. The number of rotatable bonds is 5. The SMILES string of the molecule is CC(=O)c1cc(C(=O)O)n(CC(C)c2ccccc2)c1. The first-order valence-electron chi connectivity index (χ1n) is 6.48. The Kier molecular flexibility index (Phi) is 4.03. The van der Waals surface area contributed by atoms with Crippen LogP contribution in [0.3, 0.4) is 0 Å². The van der Waals surface area contributed by atoms with Crippen LogP contribution in [-0.2, 0) is 6.54 Å². The molecule has 1 unspecified atom stereocenters. The maximum atomic E-state index is 11.4. The van der Waals surface area contributed by atoms with Gasteiger partial charge in [0.2, 0.25) is 0 Å². The van der Waals surface area contributed by atoms with E-state index in [4.69, 9.17) is 0 Å². The minimum absolute atomic E-state index is 0.126. The van der Waals surface area contributed by atoms with Gasteiger partial charge in [0.05, 0.1) is 0 Å². The first kappa shape index (κ1) is 14.1. The second-order valence-electron chi connectivity index (χ2n) is 4.94. The molecule has 0 aliphatic carbocycles. The summed E-state index contributed by atoms with van der Waals surface area (Å²) in [7, 11) is 0. The molecular formula is C16H17NO3. The van der Waals surface area contributed by atoms with Crippen molar-refractivity contribution in [2.45, 2.75) is 26.3 Å². The summed E-state index contributed by atoms with van der Waals surface area (Å²) >= 11 is 0. The predicted octanol–water partition coefficient (Wildman–Crippen LogP) is 3.19. The zero-order chi connectivity index (χ0) is 14.7. The van der Waals surface area contributed by atoms with Gasteiger partial charge in [0, 0.05) is 18.3 Å². The van der Waals surface area contributed by atoms with Crippen LogP contribution in [0.15, 0.2) is 42.6 Å². The van der Waals surface area contributed by atoms with E-state index in [9.17, 15) is 14.7 Å². The molecule has 0 bridgehead atoms. The third-order valence-electron chi connectivity index (χ3n) is 3.36. The molecule has 0 aliphatic heterocycles. The van der Waals surface area contributed by atoms with Crippen LogP contribution in [0.1, 0.15) is 46.2 Å². The van der Waals surface area contributed by atoms with E-state index in [-0.39, 0.29) is 17.4 Å². The fourth-order valence-corrected chi connectivity index (χ4v) is 2.22. The second kappa shape index (κ2) is 5.74. The van der Waals surface area contributed by atoms with Gasteiger partial charge >= 0.3 is 5.97 Å². The van der Waals surface area contributed by atoms with E-state index in [1.165, 1.54) is 13.0 Å². The van der Waals surface area contributed by atoms with Crippen LogP contribution in [0, 0.1) is 0 Å². The highest BCUT2D eigenvalue weighted by Gasteiger charge is 2.16. The molecule has 4 nitrogen and oxygen atoms in total. The molecule has 1 atom stereocenters. The number of carbonyl (C=O) groups excluding carboxylic acids is 1. The number of hydrogen-bond acceptors (Lipinski definition) is 2. The summed E-state index contributed by atoms with van der Waals surface area (Å²) in [5, 5.41) is 9.21. The van der Waals surface area contributed by atoms with Gasteiger partial charge in [-0.2, -0.15) is 0 Å². The van der Waals surface area contributed by atoms with Crippen molar-refractivity contribution in [3.8, 4) is 0 Å². The van der Waals surface area contributed by atoms with Crippen LogP contribution in [0.25, 0.3) is 0 Å². The van der Waals surface area contributed by atoms with Crippen molar-refractivity contribution in [3.05, 3.63) is 59.4 Å². The van der Waals surface area contributed by atoms with Crippen molar-refractivity contribution in [1.29, 1.82) is 0 Å². The summed E-state index contributed by atoms with van der Waals surface area (Å²) in [6.45, 7) is 4.00. The highest BCUT2D eigenvalue weighted by molar-refractivity contribution is 5.97. The van der Waals surface area contributed by atoms with Crippen LogP contribution >= 0.6 is 0 Å². The van der Waals surface area contributed by atoms with Crippen LogP contribution in [0.2, 0.25) is 0 Å². The molecule has 20 heavy (non-hydrogen) atoms. The van der Waals surface area contributed by atoms with Crippen LogP contribution in [0.4, 0.5) is 0 Å². The lowest BCUT2D eigenvalue weighted by molar-refractivity contribution is 0.0684. The Balaban J connectivity index is 2.28. The largest absolute Gasteiger partial charge is 0.477 e. The Labute approximate surface area is 117 Å². The normalized spacial score (nSPS) is 12.1. The van der Waals surface area contributed by atoms with Crippen LogP contribution in [-0.4, -0.2) is 21.4 Å². The minimum Gasteiger partial charge on any atom is -0.477 e. The van der Waals surface area contributed by atoms with E-state index in [2.05, 4.69) is 0 Å². The van der Waals surface area contributed by atoms with Gasteiger partial charge < -0.3 is 9.67 Å². The van der Waals surface area contributed by atoms with Crippen molar-refractivity contribution in [2.24, 2.45) is 0 Å². The second-order valence-corrected chi connectivity index (χ2v) is 4.94. The standard InChI is InChI=1S/C16H17NO3/c1-11(13-6-4-3-5-7-13)9-17-10-14(12(2)18)8-15(17)16(19)20/h3-8,10-11H,9H2,1-2H3,(H,19,20). The zero-order valence-electron chi connectivity index (χ0n) is 11.5. The fraction of sp³-hybridized carbons (Fsp3) is 0.250. The van der Waals surface area contributed by atoms with Crippen molar-refractivity contribution >= 4 is 11.8 Å². The Bertz CT molecular complexity index is 628. The Hall–Kier alpha value is -2.36. The molecule has 1 aromatic carbocycles. The quantitative estimate of drug-likeness (QED) is 0.849. The van der Waals surface area contributed by atoms with Gasteiger partial charge in [0.1, 0.15) is 5.69 Å². The average Bonchev–Trinajstić information content (AvgIpc) is 2.84. The third kappa shape index (κ3) is 2.96. The van der Waals surface area contributed by atoms with E-state index in [0.29, 0.717) is 12.1 Å². The Morgan fingerprint density at radius 3 is 2.45 bits per heavy atom. The first-order valence-corrected chi connectivity index (χ1v) is 6.48. The topological polar surface area (TPSA) is 59.3 Å². The number of aromatic nitrogens is 1. The van der Waals surface area contributed by atoms with Gasteiger partial charge in [0.15, 0.2) is 5.78 Å². The molecule has 104 valence electrons. The molecule has 1 N–H and O–H groups in total. The monoisotopic (exact) mass is 271 g/mol. The Morgan fingerprint density at radius 1 is 1.25 bits per heavy atom. The highest BCUT2D eigenvalue weighted by Crippen LogP contribution is 2.19. The van der Waals surface area contributed by atoms with Gasteiger partial charge in [-0.15, -0.1) is 0 Å². The van der Waals surface area contributed by atoms with Crippen molar-refractivity contribution in [1.82, 2.24) is 4.57 Å². The molecule has 0 amide bonds. The van der Waals surface area contributed by atoms with Gasteiger partial charge in [-0.25, -0.2) is 4.79 Å². The highest BCUT2D eigenvalue weighted by atomic mass is 16.4. The maximum absolute atomic E-state index is 11.4. The molecule has 4 heteroatoms. The number of Topliss-reactive ketones (excluding diaryl/α,β-unsaturated/α-hetero) is 1. The molecule has 0 radical (unpaired) electrons. The van der Waals surface area contributed by atoms with Crippen LogP contribution < -0.4 is 0 Å². The van der Waals surface area contributed by atoms with Crippen molar-refractivity contribution < 1.29 is 14.7 Å². The molecule has 0 spiro atoms. The summed E-state index contributed by atoms with van der Waals surface area (Å²) in [6, 6.07) is 11.3. The maximum Gasteiger partial charge on any atom is 0.352 e. The average molecular weight is 271 g/mol. The van der Waals surface area contributed by atoms with Gasteiger partial charge in [-0.1, -0.05) is 37.3 Å². The number of aromatic carboxylic acids is 1. The molecular weight excluding hydrogens is 254 g/mol. The lowest BCUT2D eigenvalue weighted by Gasteiger charge is -2.14. The van der Waals surface area contributed by atoms with Gasteiger partial charge in [-0.3, -0.25) is 4.79 Å². The fourth-order valence-electron chi connectivity index (χ4n) is 2.22. The van der Waals surface area contributed by atoms with E-state index in [0.717, 1.165) is 5.56 Å². The molecule has 2 rings (SSSR count). The lowest BCUT2D eigenvalue weighted by Crippen LogP contribution is -2.11. The third-order valence-corrected chi connectivity index (χ3v) is 3.36. The molecule has 1 aromatic heterocycles. The molecule has 0 saturated heterocycles. The van der Waals surface area contributed by atoms with E-state index >= 15 is 0 Å². The van der Waals surface area contributed by atoms with E-state index in [1.807, 2.05) is 37.3 Å².